The first-order valence-corrected chi connectivity index (χ1v) is 7.40. The lowest BCUT2D eigenvalue weighted by molar-refractivity contribution is -0.154. The molecule has 1 aliphatic carbocycles. The lowest BCUT2D eigenvalue weighted by Crippen LogP contribution is -2.52. The van der Waals surface area contributed by atoms with Crippen LogP contribution in [0, 0.1) is 12.3 Å². The number of aryl methyl sites for hydroxylation is 1. The van der Waals surface area contributed by atoms with Crippen LogP contribution in [0.5, 0.6) is 5.75 Å². The molecule has 3 N–H and O–H groups in total. The maximum atomic E-state index is 11.4. The van der Waals surface area contributed by atoms with Crippen LogP contribution in [-0.2, 0) is 4.79 Å². The van der Waals surface area contributed by atoms with E-state index in [4.69, 9.17) is 4.74 Å². The predicted octanol–water partition coefficient (Wildman–Crippen LogP) is 1.63. The van der Waals surface area contributed by atoms with E-state index in [1.54, 1.807) is 0 Å². The third kappa shape index (κ3) is 2.51. The van der Waals surface area contributed by atoms with E-state index < -0.39 is 17.5 Å². The number of aliphatic hydroxyl groups excluding tert-OH is 1. The number of aliphatic hydroxyl groups is 1. The summed E-state index contributed by atoms with van der Waals surface area (Å²) in [5, 5.41) is 23.0. The molecule has 5 nitrogen and oxygen atoms in total. The number of aliphatic carboxylic acids is 1. The van der Waals surface area contributed by atoms with E-state index in [0.29, 0.717) is 26.0 Å². The van der Waals surface area contributed by atoms with Gasteiger partial charge in [-0.25, -0.2) is 0 Å². The Morgan fingerprint density at radius 1 is 1.48 bits per heavy atom. The van der Waals surface area contributed by atoms with E-state index >= 15 is 0 Å². The number of ether oxygens (including phenoxy) is 1. The average Bonchev–Trinajstić information content (AvgIpc) is 2.39. The van der Waals surface area contributed by atoms with Crippen molar-refractivity contribution in [3.63, 3.8) is 0 Å². The average molecular weight is 291 g/mol. The predicted molar refractivity (Wildman–Crippen MR) is 77.3 cm³/mol. The SMILES string of the molecule is Cc1ccc2c(c1)OC[C@@H](NCC1(C(=O)O)CCC1)[C@H]2O. The minimum Gasteiger partial charge on any atom is -0.491 e. The summed E-state index contributed by atoms with van der Waals surface area (Å²) in [6, 6.07) is 5.47. The van der Waals surface area contributed by atoms with E-state index in [9.17, 15) is 15.0 Å². The Balaban J connectivity index is 1.68. The molecule has 1 fully saturated rings. The van der Waals surface area contributed by atoms with Crippen LogP contribution in [0.1, 0.15) is 36.5 Å². The van der Waals surface area contributed by atoms with Crippen LogP contribution >= 0.6 is 0 Å². The van der Waals surface area contributed by atoms with Gasteiger partial charge in [0.15, 0.2) is 0 Å². The molecule has 3 rings (SSSR count). The lowest BCUT2D eigenvalue weighted by Gasteiger charge is -2.40. The van der Waals surface area contributed by atoms with Gasteiger partial charge in [0.05, 0.1) is 11.5 Å². The molecule has 0 bridgehead atoms. The number of carboxylic acids is 1. The van der Waals surface area contributed by atoms with Crippen molar-refractivity contribution in [2.24, 2.45) is 5.41 Å². The lowest BCUT2D eigenvalue weighted by atomic mass is 9.68. The second kappa shape index (κ2) is 5.31. The molecule has 114 valence electrons. The number of fused-ring (bicyclic) bond motifs is 1. The topological polar surface area (TPSA) is 78.8 Å². The summed E-state index contributed by atoms with van der Waals surface area (Å²) >= 11 is 0. The Morgan fingerprint density at radius 3 is 2.86 bits per heavy atom. The molecule has 1 aromatic carbocycles. The zero-order valence-corrected chi connectivity index (χ0v) is 12.1. The van der Waals surface area contributed by atoms with Gasteiger partial charge in [0, 0.05) is 12.1 Å². The molecule has 0 unspecified atom stereocenters. The fourth-order valence-corrected chi connectivity index (χ4v) is 3.07. The van der Waals surface area contributed by atoms with E-state index in [0.717, 1.165) is 23.3 Å². The first-order chi connectivity index (χ1) is 10.0. The Labute approximate surface area is 123 Å². The van der Waals surface area contributed by atoms with Crippen LogP contribution < -0.4 is 10.1 Å². The highest BCUT2D eigenvalue weighted by Crippen LogP contribution is 2.41. The summed E-state index contributed by atoms with van der Waals surface area (Å²) in [6.45, 7) is 2.72. The van der Waals surface area contributed by atoms with Crippen LogP contribution in [-0.4, -0.2) is 35.4 Å². The van der Waals surface area contributed by atoms with Crippen molar-refractivity contribution < 1.29 is 19.7 Å². The van der Waals surface area contributed by atoms with E-state index in [-0.39, 0.29) is 6.04 Å². The van der Waals surface area contributed by atoms with Gasteiger partial charge in [-0.3, -0.25) is 4.79 Å². The van der Waals surface area contributed by atoms with Crippen LogP contribution in [0.3, 0.4) is 0 Å². The van der Waals surface area contributed by atoms with Crippen LogP contribution in [0.15, 0.2) is 18.2 Å². The van der Waals surface area contributed by atoms with Gasteiger partial charge in [-0.15, -0.1) is 0 Å². The Hall–Kier alpha value is -1.59. The minimum atomic E-state index is -0.747. The molecule has 1 saturated carbocycles. The zero-order chi connectivity index (χ0) is 15.0. The molecule has 1 aliphatic heterocycles. The van der Waals surface area contributed by atoms with E-state index in [1.807, 2.05) is 25.1 Å². The molecule has 2 atom stereocenters. The summed E-state index contributed by atoms with van der Waals surface area (Å²) in [4.78, 5) is 11.4. The Morgan fingerprint density at radius 2 is 2.24 bits per heavy atom. The minimum absolute atomic E-state index is 0.267. The van der Waals surface area contributed by atoms with Gasteiger partial charge in [0.25, 0.3) is 0 Å². The molecule has 2 aliphatic rings. The molecular formula is C16H21NO4. The van der Waals surface area contributed by atoms with Crippen molar-refractivity contribution in [3.8, 4) is 5.75 Å². The number of nitrogens with one attached hydrogen (secondary N) is 1. The van der Waals surface area contributed by atoms with Crippen molar-refractivity contribution >= 4 is 5.97 Å². The molecule has 0 saturated heterocycles. The second-order valence-corrected chi connectivity index (χ2v) is 6.22. The highest BCUT2D eigenvalue weighted by atomic mass is 16.5. The van der Waals surface area contributed by atoms with Gasteiger partial charge in [0.1, 0.15) is 18.5 Å². The molecule has 0 radical (unpaired) electrons. The Kier molecular flexibility index (Phi) is 3.63. The fraction of sp³-hybridized carbons (Fsp3) is 0.562. The molecule has 1 aromatic rings. The molecule has 0 spiro atoms. The molecule has 5 heteroatoms. The maximum absolute atomic E-state index is 11.4. The number of rotatable bonds is 4. The number of hydrogen-bond donors (Lipinski definition) is 3. The third-order valence-corrected chi connectivity index (χ3v) is 4.75. The summed E-state index contributed by atoms with van der Waals surface area (Å²) in [5.74, 6) is -0.0272. The monoisotopic (exact) mass is 291 g/mol. The molecule has 0 aromatic heterocycles. The highest BCUT2D eigenvalue weighted by molar-refractivity contribution is 5.76. The van der Waals surface area contributed by atoms with Crippen LogP contribution in [0.25, 0.3) is 0 Å². The third-order valence-electron chi connectivity index (χ3n) is 4.75. The summed E-state index contributed by atoms with van der Waals surface area (Å²) < 4.78 is 5.69. The van der Waals surface area contributed by atoms with Gasteiger partial charge in [-0.1, -0.05) is 18.6 Å². The van der Waals surface area contributed by atoms with Crippen LogP contribution in [0.2, 0.25) is 0 Å². The number of carboxylic acid groups (broad SMARTS) is 1. The molecule has 1 heterocycles. The standard InChI is InChI=1S/C16H21NO4/c1-10-3-4-11-13(7-10)21-8-12(14(11)18)17-9-16(15(19)20)5-2-6-16/h3-4,7,12,14,17-18H,2,5-6,8-9H2,1H3,(H,19,20)/t12-,14+/m1/s1. The number of carbonyl (C=O) groups is 1. The summed E-state index contributed by atoms with van der Waals surface area (Å²) in [6.07, 6.45) is 1.70. The number of hydrogen-bond acceptors (Lipinski definition) is 4. The normalized spacial score (nSPS) is 26.4. The first kappa shape index (κ1) is 14.4. The van der Waals surface area contributed by atoms with Crippen molar-refractivity contribution in [3.05, 3.63) is 29.3 Å². The fourth-order valence-electron chi connectivity index (χ4n) is 3.07. The molecular weight excluding hydrogens is 270 g/mol. The van der Waals surface area contributed by atoms with Gasteiger partial charge < -0.3 is 20.3 Å². The van der Waals surface area contributed by atoms with Gasteiger partial charge in [-0.05, 0) is 31.4 Å². The van der Waals surface area contributed by atoms with Crippen molar-refractivity contribution in [1.82, 2.24) is 5.32 Å². The maximum Gasteiger partial charge on any atom is 0.310 e. The number of benzene rings is 1. The van der Waals surface area contributed by atoms with Gasteiger partial charge in [0.2, 0.25) is 0 Å². The summed E-state index contributed by atoms with van der Waals surface area (Å²) in [5.41, 5.74) is 1.20. The quantitative estimate of drug-likeness (QED) is 0.786. The van der Waals surface area contributed by atoms with Crippen molar-refractivity contribution in [1.29, 1.82) is 0 Å². The van der Waals surface area contributed by atoms with E-state index in [2.05, 4.69) is 5.32 Å². The zero-order valence-electron chi connectivity index (χ0n) is 12.1. The molecule has 21 heavy (non-hydrogen) atoms. The van der Waals surface area contributed by atoms with Gasteiger partial charge >= 0.3 is 5.97 Å². The van der Waals surface area contributed by atoms with Crippen molar-refractivity contribution in [2.45, 2.75) is 38.3 Å². The first-order valence-electron chi connectivity index (χ1n) is 7.40. The largest absolute Gasteiger partial charge is 0.491 e. The molecule has 0 amide bonds. The van der Waals surface area contributed by atoms with Crippen molar-refractivity contribution in [2.75, 3.05) is 13.2 Å². The second-order valence-electron chi connectivity index (χ2n) is 6.22. The van der Waals surface area contributed by atoms with E-state index in [1.165, 1.54) is 0 Å². The highest BCUT2D eigenvalue weighted by Gasteiger charge is 2.45. The summed E-state index contributed by atoms with van der Waals surface area (Å²) in [7, 11) is 0. The van der Waals surface area contributed by atoms with Gasteiger partial charge in [-0.2, -0.15) is 0 Å². The van der Waals surface area contributed by atoms with Crippen LogP contribution in [0.4, 0.5) is 0 Å². The Bertz CT molecular complexity index is 553. The smallest absolute Gasteiger partial charge is 0.310 e.